The fraction of sp³-hybridized carbons (Fsp3) is 0. The zero-order valence-corrected chi connectivity index (χ0v) is 26.5. The third-order valence-corrected chi connectivity index (χ3v) is 10.2. The van der Waals surface area contributed by atoms with E-state index in [0.717, 1.165) is 33.3 Å². The highest BCUT2D eigenvalue weighted by molar-refractivity contribution is 6.21. The van der Waals surface area contributed by atoms with Gasteiger partial charge in [0, 0.05) is 38.3 Å². The Morgan fingerprint density at radius 2 is 0.878 bits per heavy atom. The molecule has 0 saturated heterocycles. The molecule has 0 atom stereocenters. The SMILES string of the molecule is c1ccc(-n2c3ccccc3c3cc(-c4ccc5c(c4)nc4c6ccccc6c6c(c7ccccc7n6-c6ccccc6)n54)ccc32)cc1. The van der Waals surface area contributed by atoms with Crippen LogP contribution >= 0.6 is 0 Å². The van der Waals surface area contributed by atoms with Crippen LogP contribution in [0.2, 0.25) is 0 Å². The van der Waals surface area contributed by atoms with Crippen LogP contribution in [-0.4, -0.2) is 18.5 Å². The van der Waals surface area contributed by atoms with E-state index < -0.39 is 0 Å². The number of aromatic nitrogens is 4. The zero-order chi connectivity index (χ0) is 32.1. The number of fused-ring (bicyclic) bond motifs is 13. The molecule has 0 fully saturated rings. The summed E-state index contributed by atoms with van der Waals surface area (Å²) < 4.78 is 7.16. The fourth-order valence-corrected chi connectivity index (χ4v) is 8.10. The molecule has 0 aliphatic rings. The highest BCUT2D eigenvalue weighted by Gasteiger charge is 2.22. The first-order valence-electron chi connectivity index (χ1n) is 16.7. The Morgan fingerprint density at radius 1 is 0.347 bits per heavy atom. The minimum Gasteiger partial charge on any atom is -0.309 e. The van der Waals surface area contributed by atoms with Gasteiger partial charge in [0.1, 0.15) is 5.65 Å². The van der Waals surface area contributed by atoms with Gasteiger partial charge >= 0.3 is 0 Å². The molecule has 7 aromatic carbocycles. The predicted octanol–water partition coefficient (Wildman–Crippen LogP) is 11.5. The Balaban J connectivity index is 1.19. The maximum Gasteiger partial charge on any atom is 0.146 e. The van der Waals surface area contributed by atoms with Gasteiger partial charge in [-0.05, 0) is 71.8 Å². The van der Waals surface area contributed by atoms with E-state index in [-0.39, 0.29) is 0 Å². The van der Waals surface area contributed by atoms with Gasteiger partial charge in [-0.15, -0.1) is 0 Å². The van der Waals surface area contributed by atoms with Crippen molar-refractivity contribution >= 4 is 71.2 Å². The van der Waals surface area contributed by atoms with Gasteiger partial charge in [0.15, 0.2) is 0 Å². The Kier molecular flexibility index (Phi) is 5.35. The Morgan fingerprint density at radius 3 is 1.61 bits per heavy atom. The average molecular weight is 625 g/mol. The number of benzene rings is 7. The van der Waals surface area contributed by atoms with Crippen molar-refractivity contribution in [1.29, 1.82) is 0 Å². The maximum absolute atomic E-state index is 5.37. The topological polar surface area (TPSA) is 27.2 Å². The molecule has 0 saturated carbocycles. The summed E-state index contributed by atoms with van der Waals surface area (Å²) in [6, 6.07) is 61.1. The van der Waals surface area contributed by atoms with Crippen molar-refractivity contribution in [2.75, 3.05) is 0 Å². The standard InChI is InChI=1S/C45H28N4/c1-3-13-31(14-4-1)47-39-21-11-9-17-33(39)37-27-29(23-25-41(37)47)30-24-26-42-38(28-30)46-45-35-19-8-7-18-34(35)43-44(49(42)45)36-20-10-12-22-40(36)48(43)32-15-5-2-6-16-32/h1-28H. The molecule has 228 valence electrons. The second-order valence-corrected chi connectivity index (χ2v) is 12.8. The van der Waals surface area contributed by atoms with Crippen LogP contribution in [0.5, 0.6) is 0 Å². The van der Waals surface area contributed by atoms with E-state index in [9.17, 15) is 0 Å². The van der Waals surface area contributed by atoms with Crippen molar-refractivity contribution in [3.05, 3.63) is 170 Å². The largest absolute Gasteiger partial charge is 0.309 e. The van der Waals surface area contributed by atoms with Crippen molar-refractivity contribution in [3.8, 4) is 22.5 Å². The van der Waals surface area contributed by atoms with E-state index in [1.54, 1.807) is 0 Å². The lowest BCUT2D eigenvalue weighted by atomic mass is 10.0. The minimum absolute atomic E-state index is 0.979. The molecule has 0 radical (unpaired) electrons. The summed E-state index contributed by atoms with van der Waals surface area (Å²) in [4.78, 5) is 5.37. The third-order valence-electron chi connectivity index (χ3n) is 10.2. The molecule has 0 aliphatic heterocycles. The van der Waals surface area contributed by atoms with Crippen LogP contribution in [-0.2, 0) is 0 Å². The van der Waals surface area contributed by atoms with Gasteiger partial charge in [-0.25, -0.2) is 4.98 Å². The fourth-order valence-electron chi connectivity index (χ4n) is 8.10. The first kappa shape index (κ1) is 26.4. The van der Waals surface area contributed by atoms with Crippen molar-refractivity contribution in [2.45, 2.75) is 0 Å². The molecule has 0 amide bonds. The Hall–Kier alpha value is -6.65. The monoisotopic (exact) mass is 624 g/mol. The summed E-state index contributed by atoms with van der Waals surface area (Å²) >= 11 is 0. The summed E-state index contributed by atoms with van der Waals surface area (Å²) in [6.45, 7) is 0. The van der Waals surface area contributed by atoms with Crippen molar-refractivity contribution < 1.29 is 0 Å². The summed E-state index contributed by atoms with van der Waals surface area (Å²) in [5.74, 6) is 0. The van der Waals surface area contributed by atoms with Gasteiger partial charge in [0.25, 0.3) is 0 Å². The molecule has 0 spiro atoms. The number of nitrogens with zero attached hydrogens (tertiary/aromatic N) is 4. The third kappa shape index (κ3) is 3.66. The van der Waals surface area contributed by atoms with Gasteiger partial charge in [-0.1, -0.05) is 109 Å². The Bertz CT molecular complexity index is 3090. The van der Waals surface area contributed by atoms with Gasteiger partial charge in [-0.3, -0.25) is 4.40 Å². The highest BCUT2D eigenvalue weighted by atomic mass is 15.1. The number of para-hydroxylation sites is 4. The normalized spacial score (nSPS) is 12.1. The molecule has 11 rings (SSSR count). The molecule has 11 aromatic rings. The molecule has 4 nitrogen and oxygen atoms in total. The van der Waals surface area contributed by atoms with E-state index in [0.29, 0.717) is 0 Å². The molecular weight excluding hydrogens is 597 g/mol. The van der Waals surface area contributed by atoms with Crippen LogP contribution in [0, 0.1) is 0 Å². The molecular formula is C45H28N4. The van der Waals surface area contributed by atoms with Crippen molar-refractivity contribution in [1.82, 2.24) is 18.5 Å². The second kappa shape index (κ2) is 9.93. The van der Waals surface area contributed by atoms with E-state index in [4.69, 9.17) is 4.98 Å². The summed E-state index contributed by atoms with van der Waals surface area (Å²) in [5.41, 5.74) is 13.7. The summed E-state index contributed by atoms with van der Waals surface area (Å²) in [5, 5.41) is 6.04. The molecule has 0 aliphatic carbocycles. The van der Waals surface area contributed by atoms with Gasteiger partial charge in [0.2, 0.25) is 0 Å². The van der Waals surface area contributed by atoms with Gasteiger partial charge < -0.3 is 9.13 Å². The van der Waals surface area contributed by atoms with Crippen LogP contribution < -0.4 is 0 Å². The number of imidazole rings is 1. The molecule has 0 unspecified atom stereocenters. The predicted molar refractivity (Wildman–Crippen MR) is 204 cm³/mol. The smallest absolute Gasteiger partial charge is 0.146 e. The van der Waals surface area contributed by atoms with Crippen LogP contribution in [0.3, 0.4) is 0 Å². The first-order valence-corrected chi connectivity index (χ1v) is 16.7. The lowest BCUT2D eigenvalue weighted by Crippen LogP contribution is -1.96. The molecule has 4 heteroatoms. The van der Waals surface area contributed by atoms with Crippen LogP contribution in [0.25, 0.3) is 93.7 Å². The molecule has 4 aromatic heterocycles. The van der Waals surface area contributed by atoms with Crippen LogP contribution in [0.4, 0.5) is 0 Å². The van der Waals surface area contributed by atoms with Crippen LogP contribution in [0.15, 0.2) is 170 Å². The second-order valence-electron chi connectivity index (χ2n) is 12.8. The maximum atomic E-state index is 5.37. The van der Waals surface area contributed by atoms with E-state index in [1.807, 2.05) is 0 Å². The summed E-state index contributed by atoms with van der Waals surface area (Å²) in [6.07, 6.45) is 0. The lowest BCUT2D eigenvalue weighted by molar-refractivity contribution is 1.18. The highest BCUT2D eigenvalue weighted by Crippen LogP contribution is 2.41. The number of hydrogen-bond donors (Lipinski definition) is 0. The minimum atomic E-state index is 0.979. The quantitative estimate of drug-likeness (QED) is 0.192. The lowest BCUT2D eigenvalue weighted by Gasteiger charge is -2.11. The van der Waals surface area contributed by atoms with E-state index in [2.05, 4.69) is 183 Å². The molecule has 0 N–H and O–H groups in total. The number of rotatable bonds is 3. The van der Waals surface area contributed by atoms with Crippen molar-refractivity contribution in [3.63, 3.8) is 0 Å². The van der Waals surface area contributed by atoms with Crippen molar-refractivity contribution in [2.24, 2.45) is 0 Å². The van der Waals surface area contributed by atoms with E-state index in [1.165, 1.54) is 60.4 Å². The van der Waals surface area contributed by atoms with Gasteiger partial charge in [0.05, 0.1) is 38.6 Å². The number of pyridine rings is 1. The average Bonchev–Trinajstić information content (AvgIpc) is 3.83. The first-order chi connectivity index (χ1) is 24.3. The van der Waals surface area contributed by atoms with Crippen LogP contribution in [0.1, 0.15) is 0 Å². The molecule has 0 bridgehead atoms. The zero-order valence-electron chi connectivity index (χ0n) is 26.5. The molecule has 4 heterocycles. The Labute approximate surface area is 281 Å². The molecule has 49 heavy (non-hydrogen) atoms. The van der Waals surface area contributed by atoms with Gasteiger partial charge in [-0.2, -0.15) is 0 Å². The number of hydrogen-bond acceptors (Lipinski definition) is 1. The van der Waals surface area contributed by atoms with E-state index >= 15 is 0 Å². The summed E-state index contributed by atoms with van der Waals surface area (Å²) in [7, 11) is 0.